The van der Waals surface area contributed by atoms with E-state index in [-0.39, 0.29) is 18.0 Å². The number of hydrogen-bond acceptors (Lipinski definition) is 6. The fraction of sp³-hybridized carbons (Fsp3) is 0.273. The van der Waals surface area contributed by atoms with Crippen LogP contribution < -0.4 is 25.3 Å². The number of nitrogens with two attached hydrogens (primary N) is 1. The first-order chi connectivity index (χ1) is 14.5. The molecule has 1 aliphatic heterocycles. The van der Waals surface area contributed by atoms with Crippen molar-refractivity contribution in [2.75, 3.05) is 20.3 Å². The molecule has 158 valence electrons. The second kappa shape index (κ2) is 9.80. The lowest BCUT2D eigenvalue weighted by atomic mass is 10.1. The highest BCUT2D eigenvalue weighted by molar-refractivity contribution is 6.06. The lowest BCUT2D eigenvalue weighted by molar-refractivity contribution is 0.100. The first-order valence-corrected chi connectivity index (χ1v) is 9.57. The monoisotopic (exact) mass is 411 g/mol. The fourth-order valence-electron chi connectivity index (χ4n) is 2.84. The van der Waals surface area contributed by atoms with Gasteiger partial charge in [0.1, 0.15) is 34.9 Å². The van der Waals surface area contributed by atoms with Crippen LogP contribution in [-0.4, -0.2) is 43.2 Å². The number of fused-ring (bicyclic) bond motifs is 1. The van der Waals surface area contributed by atoms with Gasteiger partial charge in [0.2, 0.25) is 0 Å². The largest absolute Gasteiger partial charge is 0.493 e. The van der Waals surface area contributed by atoms with E-state index in [1.165, 1.54) is 12.1 Å². The van der Waals surface area contributed by atoms with Crippen molar-refractivity contribution >= 4 is 11.7 Å². The Balaban J connectivity index is 1.89. The molecule has 1 heterocycles. The van der Waals surface area contributed by atoms with Crippen molar-refractivity contribution in [3.05, 3.63) is 59.8 Å². The van der Waals surface area contributed by atoms with Gasteiger partial charge in [-0.25, -0.2) is 0 Å². The van der Waals surface area contributed by atoms with Gasteiger partial charge in [0.05, 0.1) is 13.2 Å². The van der Waals surface area contributed by atoms with Gasteiger partial charge < -0.3 is 30.4 Å². The van der Waals surface area contributed by atoms with Gasteiger partial charge in [-0.2, -0.15) is 4.99 Å². The van der Waals surface area contributed by atoms with Crippen LogP contribution in [-0.2, 0) is 6.42 Å². The Labute approximate surface area is 175 Å². The zero-order valence-corrected chi connectivity index (χ0v) is 16.9. The molecule has 0 aromatic heterocycles. The Morgan fingerprint density at radius 1 is 1.30 bits per heavy atom. The lowest BCUT2D eigenvalue weighted by Crippen LogP contribution is -2.16. The molecular formula is C22H25N3O5. The third-order valence-electron chi connectivity index (χ3n) is 4.27. The van der Waals surface area contributed by atoms with Gasteiger partial charge >= 0.3 is 0 Å². The van der Waals surface area contributed by atoms with Crippen LogP contribution in [0.25, 0.3) is 0 Å². The SMILES string of the molecule is CN/C=C\C(N)=NC(=O)c1cc(Oc2ccc3c(c2)CCO3)cc(OC(C)CO)c1. The summed E-state index contributed by atoms with van der Waals surface area (Å²) >= 11 is 0. The molecule has 3 rings (SSSR count). The Hall–Kier alpha value is -3.52. The minimum Gasteiger partial charge on any atom is -0.493 e. The number of nitrogens with zero attached hydrogens (tertiary/aromatic N) is 1. The smallest absolute Gasteiger partial charge is 0.279 e. The molecule has 0 fully saturated rings. The van der Waals surface area contributed by atoms with Crippen LogP contribution in [0.5, 0.6) is 23.0 Å². The van der Waals surface area contributed by atoms with E-state index in [9.17, 15) is 9.90 Å². The summed E-state index contributed by atoms with van der Waals surface area (Å²) in [6.07, 6.45) is 3.42. The molecular weight excluding hydrogens is 386 g/mol. The number of carbonyl (C=O) groups is 1. The van der Waals surface area contributed by atoms with Crippen molar-refractivity contribution in [1.82, 2.24) is 5.32 Å². The molecule has 0 bridgehead atoms. The highest BCUT2D eigenvalue weighted by Crippen LogP contribution is 2.33. The van der Waals surface area contributed by atoms with E-state index < -0.39 is 12.0 Å². The summed E-state index contributed by atoms with van der Waals surface area (Å²) in [6, 6.07) is 10.3. The highest BCUT2D eigenvalue weighted by atomic mass is 16.5. The quantitative estimate of drug-likeness (QED) is 0.451. The molecule has 1 amide bonds. The standard InChI is InChI=1S/C22H25N3O5/c1-14(13-26)29-18-10-16(22(27)25-21(23)5-7-24-2)11-19(12-18)30-17-3-4-20-15(9-17)6-8-28-20/h3-5,7,9-12,14,24,26H,6,8,13H2,1-2H3,(H2,23,25,27)/b7-5-. The molecule has 8 heteroatoms. The maximum absolute atomic E-state index is 12.6. The normalized spacial score (nSPS) is 14.2. The van der Waals surface area contributed by atoms with Crippen LogP contribution >= 0.6 is 0 Å². The molecule has 1 atom stereocenters. The molecule has 0 saturated heterocycles. The average molecular weight is 411 g/mol. The zero-order valence-electron chi connectivity index (χ0n) is 16.9. The minimum absolute atomic E-state index is 0.0606. The van der Waals surface area contributed by atoms with E-state index in [2.05, 4.69) is 10.3 Å². The van der Waals surface area contributed by atoms with Gasteiger partial charge in [-0.3, -0.25) is 4.79 Å². The van der Waals surface area contributed by atoms with Crippen molar-refractivity contribution in [1.29, 1.82) is 0 Å². The number of benzene rings is 2. The highest BCUT2D eigenvalue weighted by Gasteiger charge is 2.15. The van der Waals surface area contributed by atoms with E-state index in [4.69, 9.17) is 19.9 Å². The van der Waals surface area contributed by atoms with Crippen LogP contribution in [0.15, 0.2) is 53.7 Å². The summed E-state index contributed by atoms with van der Waals surface area (Å²) in [5, 5.41) is 12.1. The van der Waals surface area contributed by atoms with E-state index in [1.54, 1.807) is 38.4 Å². The van der Waals surface area contributed by atoms with Crippen LogP contribution in [0.1, 0.15) is 22.8 Å². The summed E-state index contributed by atoms with van der Waals surface area (Å²) < 4.78 is 17.2. The Bertz CT molecular complexity index is 971. The van der Waals surface area contributed by atoms with Crippen LogP contribution in [0, 0.1) is 0 Å². The Morgan fingerprint density at radius 2 is 2.10 bits per heavy atom. The second-order valence-corrected chi connectivity index (χ2v) is 6.74. The van der Waals surface area contributed by atoms with E-state index in [0.717, 1.165) is 17.7 Å². The molecule has 0 radical (unpaired) electrons. The van der Waals surface area contributed by atoms with E-state index >= 15 is 0 Å². The van der Waals surface area contributed by atoms with Gasteiger partial charge in [0.25, 0.3) is 5.91 Å². The first-order valence-electron chi connectivity index (χ1n) is 9.57. The number of aliphatic imine (C=N–C) groups is 1. The molecule has 0 spiro atoms. The number of hydrogen-bond donors (Lipinski definition) is 3. The number of nitrogens with one attached hydrogen (secondary N) is 1. The number of aliphatic hydroxyl groups excluding tert-OH is 1. The Morgan fingerprint density at radius 3 is 2.87 bits per heavy atom. The molecule has 2 aromatic carbocycles. The van der Waals surface area contributed by atoms with Gasteiger partial charge in [0.15, 0.2) is 0 Å². The number of amidine groups is 1. The van der Waals surface area contributed by atoms with Crippen molar-refractivity contribution in [2.24, 2.45) is 10.7 Å². The minimum atomic E-state index is -0.539. The van der Waals surface area contributed by atoms with Crippen LogP contribution in [0.2, 0.25) is 0 Å². The summed E-state index contributed by atoms with van der Waals surface area (Å²) in [4.78, 5) is 16.5. The molecule has 1 aliphatic rings. The lowest BCUT2D eigenvalue weighted by Gasteiger charge is -2.15. The van der Waals surface area contributed by atoms with Gasteiger partial charge in [0, 0.05) is 30.7 Å². The predicted octanol–water partition coefficient (Wildman–Crippen LogP) is 2.40. The Kier molecular flexibility index (Phi) is 6.92. The summed E-state index contributed by atoms with van der Waals surface area (Å²) in [7, 11) is 1.71. The second-order valence-electron chi connectivity index (χ2n) is 6.74. The number of rotatable bonds is 8. The molecule has 0 aliphatic carbocycles. The molecule has 1 unspecified atom stereocenters. The fourth-order valence-corrected chi connectivity index (χ4v) is 2.84. The number of carbonyl (C=O) groups excluding carboxylic acids is 1. The number of ether oxygens (including phenoxy) is 3. The van der Waals surface area contributed by atoms with Crippen molar-refractivity contribution in [3.8, 4) is 23.0 Å². The maximum atomic E-state index is 12.6. The topological polar surface area (TPSA) is 115 Å². The number of aliphatic hydroxyl groups is 1. The summed E-state index contributed by atoms with van der Waals surface area (Å²) in [5.74, 6) is 1.77. The first kappa shape index (κ1) is 21.2. The predicted molar refractivity (Wildman–Crippen MR) is 113 cm³/mol. The zero-order chi connectivity index (χ0) is 21.5. The van der Waals surface area contributed by atoms with Crippen molar-refractivity contribution in [2.45, 2.75) is 19.4 Å². The molecule has 2 aromatic rings. The van der Waals surface area contributed by atoms with Gasteiger partial charge in [-0.1, -0.05) is 0 Å². The van der Waals surface area contributed by atoms with Gasteiger partial charge in [-0.15, -0.1) is 0 Å². The molecule has 30 heavy (non-hydrogen) atoms. The molecule has 8 nitrogen and oxygen atoms in total. The van der Waals surface area contributed by atoms with Crippen molar-refractivity contribution < 1.29 is 24.1 Å². The van der Waals surface area contributed by atoms with E-state index in [1.807, 2.05) is 12.1 Å². The maximum Gasteiger partial charge on any atom is 0.279 e. The van der Waals surface area contributed by atoms with Crippen molar-refractivity contribution in [3.63, 3.8) is 0 Å². The average Bonchev–Trinajstić information content (AvgIpc) is 3.19. The van der Waals surface area contributed by atoms with Gasteiger partial charge in [-0.05, 0) is 49.5 Å². The molecule has 4 N–H and O–H groups in total. The molecule has 0 saturated carbocycles. The summed E-state index contributed by atoms with van der Waals surface area (Å²) in [5.41, 5.74) is 7.06. The van der Waals surface area contributed by atoms with Crippen LogP contribution in [0.4, 0.5) is 0 Å². The van der Waals surface area contributed by atoms with E-state index in [0.29, 0.717) is 23.9 Å². The third-order valence-corrected chi connectivity index (χ3v) is 4.27. The third kappa shape index (κ3) is 5.51. The van der Waals surface area contributed by atoms with Crippen LogP contribution in [0.3, 0.4) is 0 Å². The number of amides is 1. The summed E-state index contributed by atoms with van der Waals surface area (Å²) in [6.45, 7) is 2.20.